The fourth-order valence-electron chi connectivity index (χ4n) is 0.713. The summed E-state index contributed by atoms with van der Waals surface area (Å²) in [7, 11) is 0. The van der Waals surface area contributed by atoms with Crippen LogP contribution in [-0.2, 0) is 0 Å². The maximum Gasteiger partial charge on any atom is 0.0515 e. The van der Waals surface area contributed by atoms with E-state index in [1.54, 1.807) is 0 Å². The minimum absolute atomic E-state index is 0.0995. The molecule has 0 fully saturated rings. The van der Waals surface area contributed by atoms with E-state index in [4.69, 9.17) is 5.11 Å². The van der Waals surface area contributed by atoms with Crippen LogP contribution in [0.25, 0.3) is 0 Å². The van der Waals surface area contributed by atoms with Gasteiger partial charge in [-0.25, -0.2) is 0 Å². The lowest BCUT2D eigenvalue weighted by atomic mass is 10.1. The number of rotatable bonds is 4. The van der Waals surface area contributed by atoms with E-state index >= 15 is 0 Å². The van der Waals surface area contributed by atoms with Crippen molar-refractivity contribution in [2.45, 2.75) is 38.7 Å². The molecule has 0 aliphatic rings. The first-order valence-electron chi connectivity index (χ1n) is 3.28. The van der Waals surface area contributed by atoms with Gasteiger partial charge in [0.25, 0.3) is 0 Å². The first-order chi connectivity index (χ1) is 3.81. The molecule has 0 bridgehead atoms. The molecule has 0 aliphatic heterocycles. The van der Waals surface area contributed by atoms with Gasteiger partial charge in [-0.3, -0.25) is 0 Å². The van der Waals surface area contributed by atoms with Crippen LogP contribution >= 0.6 is 0 Å². The second kappa shape index (κ2) is 5.10. The first-order valence-corrected chi connectivity index (χ1v) is 3.28. The highest BCUT2D eigenvalue weighted by molar-refractivity contribution is 4.54. The first kappa shape index (κ1) is 7.96. The maximum atomic E-state index is 9.01. The lowest BCUT2D eigenvalue weighted by Crippen LogP contribution is -2.03. The Kier molecular flexibility index (Phi) is 5.08. The SMILES string of the molecule is [CH2-]CC[C@@H](O)CCC. The largest absolute Gasteiger partial charge is 0.393 e. The summed E-state index contributed by atoms with van der Waals surface area (Å²) in [5.74, 6) is 0. The summed E-state index contributed by atoms with van der Waals surface area (Å²) in [6, 6.07) is 0. The monoisotopic (exact) mass is 115 g/mol. The molecule has 0 amide bonds. The Bertz CT molecular complexity index is 37.7. The van der Waals surface area contributed by atoms with Gasteiger partial charge in [0, 0.05) is 0 Å². The topological polar surface area (TPSA) is 20.2 Å². The van der Waals surface area contributed by atoms with Gasteiger partial charge in [0.05, 0.1) is 6.10 Å². The Morgan fingerprint density at radius 1 is 1.50 bits per heavy atom. The normalized spacial score (nSPS) is 13.9. The van der Waals surface area contributed by atoms with Crippen molar-refractivity contribution in [1.29, 1.82) is 0 Å². The predicted octanol–water partition coefficient (Wildman–Crippen LogP) is 1.76. The molecule has 0 saturated heterocycles. The van der Waals surface area contributed by atoms with Crippen LogP contribution in [0.15, 0.2) is 0 Å². The predicted molar refractivity (Wildman–Crippen MR) is 35.5 cm³/mol. The standard InChI is InChI=1S/C7H15O/c1-3-5-7(8)6-4-2/h7-8H,1,3-6H2,2H3/q-1/t7-/m1/s1. The molecule has 1 atom stereocenters. The van der Waals surface area contributed by atoms with Crippen LogP contribution in [0, 0.1) is 6.92 Å². The molecule has 0 radical (unpaired) electrons. The summed E-state index contributed by atoms with van der Waals surface area (Å²) in [6.07, 6.45) is 3.60. The van der Waals surface area contributed by atoms with E-state index in [-0.39, 0.29) is 6.10 Å². The highest BCUT2D eigenvalue weighted by atomic mass is 16.3. The van der Waals surface area contributed by atoms with Gasteiger partial charge in [0.15, 0.2) is 0 Å². The molecule has 0 heterocycles. The van der Waals surface area contributed by atoms with Gasteiger partial charge in [0.2, 0.25) is 0 Å². The van der Waals surface area contributed by atoms with Gasteiger partial charge in [-0.15, -0.1) is 0 Å². The van der Waals surface area contributed by atoms with Crippen LogP contribution < -0.4 is 0 Å². The molecule has 0 aliphatic carbocycles. The van der Waals surface area contributed by atoms with Crippen LogP contribution in [0.5, 0.6) is 0 Å². The third-order valence-electron chi connectivity index (χ3n) is 1.16. The van der Waals surface area contributed by atoms with Crippen molar-refractivity contribution in [3.63, 3.8) is 0 Å². The zero-order valence-corrected chi connectivity index (χ0v) is 5.56. The summed E-state index contributed by atoms with van der Waals surface area (Å²) in [5.41, 5.74) is 0. The number of aliphatic hydroxyl groups is 1. The van der Waals surface area contributed by atoms with Crippen LogP contribution in [-0.4, -0.2) is 11.2 Å². The summed E-state index contributed by atoms with van der Waals surface area (Å²) in [4.78, 5) is 0. The minimum atomic E-state index is -0.0995. The average molecular weight is 115 g/mol. The average Bonchev–Trinajstić information content (AvgIpc) is 1.68. The molecule has 1 heteroatoms. The van der Waals surface area contributed by atoms with Gasteiger partial charge in [-0.1, -0.05) is 19.8 Å². The molecule has 0 saturated carbocycles. The smallest absolute Gasteiger partial charge is 0.0515 e. The molecule has 0 spiro atoms. The number of aliphatic hydroxyl groups excluding tert-OH is 1. The lowest BCUT2D eigenvalue weighted by Gasteiger charge is -2.07. The van der Waals surface area contributed by atoms with Crippen molar-refractivity contribution in [3.05, 3.63) is 6.92 Å². The third kappa shape index (κ3) is 4.13. The van der Waals surface area contributed by atoms with E-state index in [0.717, 1.165) is 25.7 Å². The van der Waals surface area contributed by atoms with E-state index < -0.39 is 0 Å². The second-order valence-corrected chi connectivity index (χ2v) is 2.08. The van der Waals surface area contributed by atoms with Gasteiger partial charge >= 0.3 is 0 Å². The molecule has 0 aromatic carbocycles. The summed E-state index contributed by atoms with van der Waals surface area (Å²) >= 11 is 0. The Hall–Kier alpha value is -0.0400. The van der Waals surface area contributed by atoms with Gasteiger partial charge in [-0.05, 0) is 6.42 Å². The summed E-state index contributed by atoms with van der Waals surface area (Å²) in [5, 5.41) is 9.01. The fraction of sp³-hybridized carbons (Fsp3) is 0.857. The molecular formula is C7H15O-. The molecule has 1 N–H and O–H groups in total. The molecule has 1 nitrogen and oxygen atoms in total. The van der Waals surface area contributed by atoms with Crippen LogP contribution in [0.1, 0.15) is 32.6 Å². The summed E-state index contributed by atoms with van der Waals surface area (Å²) < 4.78 is 0. The minimum Gasteiger partial charge on any atom is -0.393 e. The molecule has 8 heavy (non-hydrogen) atoms. The second-order valence-electron chi connectivity index (χ2n) is 2.08. The highest BCUT2D eigenvalue weighted by Gasteiger charge is 1.95. The number of hydrogen-bond acceptors (Lipinski definition) is 1. The van der Waals surface area contributed by atoms with Crippen LogP contribution in [0.3, 0.4) is 0 Å². The van der Waals surface area contributed by atoms with Crippen LogP contribution in [0.2, 0.25) is 0 Å². The quantitative estimate of drug-likeness (QED) is 0.553. The Morgan fingerprint density at radius 2 is 2.12 bits per heavy atom. The van der Waals surface area contributed by atoms with Gasteiger partial charge < -0.3 is 12.0 Å². The van der Waals surface area contributed by atoms with Crippen molar-refractivity contribution in [3.8, 4) is 0 Å². The molecule has 0 unspecified atom stereocenters. The van der Waals surface area contributed by atoms with E-state index in [9.17, 15) is 0 Å². The van der Waals surface area contributed by atoms with Crippen molar-refractivity contribution < 1.29 is 5.11 Å². The molecule has 0 aromatic rings. The third-order valence-corrected chi connectivity index (χ3v) is 1.16. The Labute approximate surface area is 51.7 Å². The van der Waals surface area contributed by atoms with Crippen molar-refractivity contribution in [1.82, 2.24) is 0 Å². The van der Waals surface area contributed by atoms with Crippen molar-refractivity contribution in [2.75, 3.05) is 0 Å². The van der Waals surface area contributed by atoms with E-state index in [2.05, 4.69) is 13.8 Å². The van der Waals surface area contributed by atoms with E-state index in [1.807, 2.05) is 0 Å². The molecule has 0 rings (SSSR count). The Morgan fingerprint density at radius 3 is 2.50 bits per heavy atom. The molecule has 0 aromatic heterocycles. The highest BCUT2D eigenvalue weighted by Crippen LogP contribution is 2.02. The lowest BCUT2D eigenvalue weighted by molar-refractivity contribution is 0.154. The van der Waals surface area contributed by atoms with Gasteiger partial charge in [-0.2, -0.15) is 6.42 Å². The Balaban J connectivity index is 2.92. The number of hydrogen-bond donors (Lipinski definition) is 1. The van der Waals surface area contributed by atoms with Crippen molar-refractivity contribution in [2.24, 2.45) is 0 Å². The van der Waals surface area contributed by atoms with E-state index in [0.29, 0.717) is 0 Å². The maximum absolute atomic E-state index is 9.01. The zero-order chi connectivity index (χ0) is 6.41. The van der Waals surface area contributed by atoms with Crippen molar-refractivity contribution >= 4 is 0 Å². The zero-order valence-electron chi connectivity index (χ0n) is 5.56. The summed E-state index contributed by atoms with van der Waals surface area (Å²) in [6.45, 7) is 5.72. The van der Waals surface area contributed by atoms with E-state index in [1.165, 1.54) is 0 Å². The molecule has 50 valence electrons. The fourth-order valence-corrected chi connectivity index (χ4v) is 0.713. The molecular weight excluding hydrogens is 100 g/mol. The van der Waals surface area contributed by atoms with Crippen LogP contribution in [0.4, 0.5) is 0 Å². The van der Waals surface area contributed by atoms with Gasteiger partial charge in [0.1, 0.15) is 0 Å².